The van der Waals surface area contributed by atoms with Crippen LogP contribution in [0.1, 0.15) is 18.1 Å². The Morgan fingerprint density at radius 3 is 2.33 bits per heavy atom. The van der Waals surface area contributed by atoms with Crippen molar-refractivity contribution in [3.05, 3.63) is 70.1 Å². The first-order valence-corrected chi connectivity index (χ1v) is 10.2. The Hall–Kier alpha value is -3.29. The zero-order valence-electron chi connectivity index (χ0n) is 17.6. The predicted octanol–water partition coefficient (Wildman–Crippen LogP) is 1.75. The molecule has 0 atom stereocenters. The van der Waals surface area contributed by atoms with Gasteiger partial charge < -0.3 is 24.4 Å². The largest absolute Gasteiger partial charge is 0.450 e. The van der Waals surface area contributed by atoms with E-state index in [9.17, 15) is 9.59 Å². The van der Waals surface area contributed by atoms with Crippen molar-refractivity contribution in [1.82, 2.24) is 19.7 Å². The summed E-state index contributed by atoms with van der Waals surface area (Å²) in [5.41, 5.74) is 2.20. The van der Waals surface area contributed by atoms with E-state index >= 15 is 0 Å². The minimum atomic E-state index is -0.252. The molecule has 1 aliphatic heterocycles. The minimum absolute atomic E-state index is 0.00454. The number of ether oxygens (including phenoxy) is 1. The molecule has 0 saturated carbocycles. The lowest BCUT2D eigenvalue weighted by molar-refractivity contribution is 0.0914. The van der Waals surface area contributed by atoms with Gasteiger partial charge >= 0.3 is 6.09 Å². The van der Waals surface area contributed by atoms with Crippen LogP contribution >= 0.6 is 0 Å². The molecule has 160 valence electrons. The lowest BCUT2D eigenvalue weighted by Gasteiger charge is -2.35. The van der Waals surface area contributed by atoms with E-state index in [4.69, 9.17) is 4.74 Å². The van der Waals surface area contributed by atoms with Gasteiger partial charge in [-0.3, -0.25) is 9.79 Å². The van der Waals surface area contributed by atoms with E-state index in [2.05, 4.69) is 27.3 Å². The number of nitrogens with zero attached hydrogens (tertiary/aromatic N) is 4. The summed E-state index contributed by atoms with van der Waals surface area (Å²) in [6.07, 6.45) is 1.54. The Kier molecular flexibility index (Phi) is 7.48. The van der Waals surface area contributed by atoms with E-state index < -0.39 is 0 Å². The van der Waals surface area contributed by atoms with Crippen molar-refractivity contribution in [2.45, 2.75) is 20.0 Å². The molecule has 30 heavy (non-hydrogen) atoms. The van der Waals surface area contributed by atoms with Crippen LogP contribution in [0.5, 0.6) is 0 Å². The van der Waals surface area contributed by atoms with Crippen LogP contribution in [0.2, 0.25) is 0 Å². The lowest BCUT2D eigenvalue weighted by Crippen LogP contribution is -2.53. The predicted molar refractivity (Wildman–Crippen MR) is 117 cm³/mol. The molecule has 1 aromatic heterocycles. The smallest absolute Gasteiger partial charge is 0.409 e. The monoisotopic (exact) mass is 411 g/mol. The molecular formula is C22H29N5O3. The molecule has 0 spiro atoms. The van der Waals surface area contributed by atoms with Crippen LogP contribution in [0.15, 0.2) is 58.4 Å². The topological polar surface area (TPSA) is 79.2 Å². The second-order valence-electron chi connectivity index (χ2n) is 7.06. The van der Waals surface area contributed by atoms with Gasteiger partial charge in [0.1, 0.15) is 0 Å². The van der Waals surface area contributed by atoms with Crippen molar-refractivity contribution in [3.8, 4) is 0 Å². The number of piperazine rings is 1. The number of carbonyl (C=O) groups is 1. The van der Waals surface area contributed by atoms with Gasteiger partial charge in [0.25, 0.3) is 5.56 Å². The van der Waals surface area contributed by atoms with Gasteiger partial charge in [-0.25, -0.2) is 4.79 Å². The van der Waals surface area contributed by atoms with Crippen LogP contribution in [-0.2, 0) is 17.8 Å². The van der Waals surface area contributed by atoms with E-state index in [1.54, 1.807) is 34.8 Å². The lowest BCUT2D eigenvalue weighted by atomic mass is 10.1. The molecule has 8 heteroatoms. The van der Waals surface area contributed by atoms with Gasteiger partial charge in [-0.05, 0) is 24.1 Å². The molecule has 1 N–H and O–H groups in total. The number of pyridine rings is 1. The first-order valence-electron chi connectivity index (χ1n) is 10.2. The highest BCUT2D eigenvalue weighted by atomic mass is 16.6. The summed E-state index contributed by atoms with van der Waals surface area (Å²) >= 11 is 0. The number of amides is 1. The maximum absolute atomic E-state index is 11.8. The number of hydrogen-bond acceptors (Lipinski definition) is 4. The van der Waals surface area contributed by atoms with Crippen molar-refractivity contribution in [1.29, 1.82) is 0 Å². The maximum Gasteiger partial charge on any atom is 0.409 e. The number of guanidine groups is 1. The van der Waals surface area contributed by atoms with Crippen molar-refractivity contribution < 1.29 is 9.53 Å². The number of hydrogen-bond donors (Lipinski definition) is 1. The fraction of sp³-hybridized carbons (Fsp3) is 0.409. The van der Waals surface area contributed by atoms with Crippen molar-refractivity contribution in [2.24, 2.45) is 4.99 Å². The summed E-state index contributed by atoms with van der Waals surface area (Å²) < 4.78 is 6.75. The third kappa shape index (κ3) is 5.62. The molecule has 1 fully saturated rings. The summed E-state index contributed by atoms with van der Waals surface area (Å²) in [6, 6.07) is 13.4. The normalized spacial score (nSPS) is 14.5. The van der Waals surface area contributed by atoms with Gasteiger partial charge in [0.15, 0.2) is 5.96 Å². The van der Waals surface area contributed by atoms with Crippen molar-refractivity contribution in [3.63, 3.8) is 0 Å². The number of aliphatic imine (C=N–C) groups is 1. The molecule has 3 rings (SSSR count). The number of aromatic nitrogens is 1. The van der Waals surface area contributed by atoms with Crippen LogP contribution < -0.4 is 10.9 Å². The number of benzene rings is 1. The third-order valence-corrected chi connectivity index (χ3v) is 5.04. The van der Waals surface area contributed by atoms with Gasteiger partial charge in [-0.1, -0.05) is 30.3 Å². The molecule has 1 aliphatic rings. The molecule has 2 heterocycles. The number of carbonyl (C=O) groups excluding carboxylic acids is 1. The summed E-state index contributed by atoms with van der Waals surface area (Å²) in [6.45, 7) is 6.07. The average Bonchev–Trinajstić information content (AvgIpc) is 2.77. The maximum atomic E-state index is 11.8. The van der Waals surface area contributed by atoms with Gasteiger partial charge in [0.2, 0.25) is 0 Å². The second-order valence-corrected chi connectivity index (χ2v) is 7.06. The fourth-order valence-electron chi connectivity index (χ4n) is 3.38. The molecule has 1 saturated heterocycles. The summed E-state index contributed by atoms with van der Waals surface area (Å²) in [5.74, 6) is 0.818. The van der Waals surface area contributed by atoms with Crippen molar-refractivity contribution in [2.75, 3.05) is 39.8 Å². The van der Waals surface area contributed by atoms with Gasteiger partial charge in [0, 0.05) is 52.0 Å². The number of nitrogens with one attached hydrogen (secondary N) is 1. The summed E-state index contributed by atoms with van der Waals surface area (Å²) in [4.78, 5) is 31.9. The molecule has 0 radical (unpaired) electrons. The Morgan fingerprint density at radius 2 is 1.70 bits per heavy atom. The fourth-order valence-corrected chi connectivity index (χ4v) is 3.38. The second kappa shape index (κ2) is 10.5. The molecule has 1 aromatic carbocycles. The van der Waals surface area contributed by atoms with Crippen LogP contribution in [0.3, 0.4) is 0 Å². The Morgan fingerprint density at radius 1 is 1.03 bits per heavy atom. The van der Waals surface area contributed by atoms with E-state index in [1.807, 2.05) is 25.1 Å². The molecule has 2 aromatic rings. The zero-order valence-corrected chi connectivity index (χ0v) is 17.6. The van der Waals surface area contributed by atoms with Crippen LogP contribution in [0, 0.1) is 0 Å². The van der Waals surface area contributed by atoms with Crippen LogP contribution in [-0.4, -0.2) is 66.3 Å². The van der Waals surface area contributed by atoms with E-state index in [-0.39, 0.29) is 11.7 Å². The quantitative estimate of drug-likeness (QED) is 0.599. The van der Waals surface area contributed by atoms with Gasteiger partial charge in [-0.2, -0.15) is 0 Å². The molecule has 0 aliphatic carbocycles. The molecule has 8 nitrogen and oxygen atoms in total. The number of rotatable bonds is 5. The van der Waals surface area contributed by atoms with Crippen molar-refractivity contribution >= 4 is 12.1 Å². The highest BCUT2D eigenvalue weighted by Gasteiger charge is 2.23. The third-order valence-electron chi connectivity index (χ3n) is 5.04. The summed E-state index contributed by atoms with van der Waals surface area (Å²) in [5, 5.41) is 3.39. The van der Waals surface area contributed by atoms with E-state index in [1.165, 1.54) is 0 Å². The Balaban J connectivity index is 1.50. The average molecular weight is 412 g/mol. The van der Waals surface area contributed by atoms with Crippen LogP contribution in [0.25, 0.3) is 0 Å². The highest BCUT2D eigenvalue weighted by Crippen LogP contribution is 2.08. The van der Waals surface area contributed by atoms with E-state index in [0.29, 0.717) is 45.9 Å². The SMILES string of the molecule is CCOC(=O)N1CCN(C(=NC)NCc2ccc(Cn3ccccc3=O)cc2)CC1. The zero-order chi connectivity index (χ0) is 21.3. The summed E-state index contributed by atoms with van der Waals surface area (Å²) in [7, 11) is 1.76. The van der Waals surface area contributed by atoms with E-state index in [0.717, 1.165) is 17.1 Å². The first-order chi connectivity index (χ1) is 14.6. The highest BCUT2D eigenvalue weighted by molar-refractivity contribution is 5.80. The Labute approximate surface area is 176 Å². The van der Waals surface area contributed by atoms with Gasteiger partial charge in [0.05, 0.1) is 13.2 Å². The Bertz CT molecular complexity index is 915. The standard InChI is InChI=1S/C22H29N5O3/c1-3-30-22(29)26-14-12-25(13-15-26)21(23-2)24-16-18-7-9-19(10-8-18)17-27-11-5-4-6-20(27)28/h4-11H,3,12-17H2,1-2H3,(H,23,24). The minimum Gasteiger partial charge on any atom is -0.450 e. The van der Waals surface area contributed by atoms with Gasteiger partial charge in [-0.15, -0.1) is 0 Å². The molecule has 0 bridgehead atoms. The van der Waals surface area contributed by atoms with Crippen LogP contribution in [0.4, 0.5) is 4.79 Å². The molecular weight excluding hydrogens is 382 g/mol. The molecule has 0 unspecified atom stereocenters. The first kappa shape index (κ1) is 21.4. The molecule has 1 amide bonds.